The lowest BCUT2D eigenvalue weighted by molar-refractivity contribution is -0.135. The summed E-state index contributed by atoms with van der Waals surface area (Å²) < 4.78 is 6.93. The number of thiophene rings is 1. The van der Waals surface area contributed by atoms with Gasteiger partial charge in [0.05, 0.1) is 6.04 Å². The van der Waals surface area contributed by atoms with Crippen LogP contribution in [-0.2, 0) is 11.2 Å². The number of benzene rings is 2. The molecule has 0 unspecified atom stereocenters. The summed E-state index contributed by atoms with van der Waals surface area (Å²) in [6, 6.07) is 16.4. The molecule has 8 heteroatoms. The summed E-state index contributed by atoms with van der Waals surface area (Å²) in [6.07, 6.45) is 1.73. The normalized spacial score (nSPS) is 15.8. The van der Waals surface area contributed by atoms with Crippen molar-refractivity contribution in [3.8, 4) is 5.75 Å². The Hall–Kier alpha value is -2.35. The van der Waals surface area contributed by atoms with Crippen LogP contribution in [0.3, 0.4) is 0 Å². The number of rotatable bonds is 9. The highest BCUT2D eigenvalue weighted by atomic mass is 79.9. The summed E-state index contributed by atoms with van der Waals surface area (Å²) in [5.74, 6) is 0.788. The van der Waals surface area contributed by atoms with Gasteiger partial charge in [-0.25, -0.2) is 0 Å². The first-order valence-electron chi connectivity index (χ1n) is 12.1. The van der Waals surface area contributed by atoms with Crippen LogP contribution in [0.4, 0.5) is 0 Å². The summed E-state index contributed by atoms with van der Waals surface area (Å²) in [4.78, 5) is 32.0. The minimum atomic E-state index is -0.213. The highest BCUT2D eigenvalue weighted by Crippen LogP contribution is 2.34. The van der Waals surface area contributed by atoms with E-state index < -0.39 is 0 Å². The highest BCUT2D eigenvalue weighted by molar-refractivity contribution is 9.10. The molecule has 0 aliphatic carbocycles. The standard InChI is InChI=1S/C28H30BrClN2O3S/c1-3-19(2)16-31(28(34)20-5-4-6-21(29)15-20)17-27(33)32-13-11-26-24(12-14-36-26)25(32)18-35-23-9-7-22(30)8-10-23/h4-10,12,14-15,19,25H,3,11,13,16-18H2,1-2H3/t19-,25-/m1/s1. The molecule has 4 rings (SSSR count). The van der Waals surface area contributed by atoms with Crippen LogP contribution in [-0.4, -0.2) is 47.9 Å². The van der Waals surface area contributed by atoms with Gasteiger partial charge < -0.3 is 14.5 Å². The first kappa shape index (κ1) is 26.7. The zero-order chi connectivity index (χ0) is 25.7. The number of halogens is 2. The molecule has 3 aromatic rings. The molecule has 0 saturated heterocycles. The topological polar surface area (TPSA) is 49.9 Å². The predicted molar refractivity (Wildman–Crippen MR) is 149 cm³/mol. The van der Waals surface area contributed by atoms with Crippen molar-refractivity contribution in [2.24, 2.45) is 5.92 Å². The SMILES string of the molecule is CC[C@@H](C)CN(CC(=O)N1CCc2sccc2[C@H]1COc1ccc(Cl)cc1)C(=O)c1cccc(Br)c1. The molecular formula is C28H30BrClN2O3S. The van der Waals surface area contributed by atoms with Gasteiger partial charge in [0, 0.05) is 33.0 Å². The second-order valence-corrected chi connectivity index (χ2v) is 11.5. The van der Waals surface area contributed by atoms with Gasteiger partial charge in [0.25, 0.3) is 5.91 Å². The van der Waals surface area contributed by atoms with Crippen molar-refractivity contribution in [1.82, 2.24) is 9.80 Å². The molecule has 36 heavy (non-hydrogen) atoms. The van der Waals surface area contributed by atoms with Gasteiger partial charge in [-0.3, -0.25) is 9.59 Å². The van der Waals surface area contributed by atoms with Gasteiger partial charge in [0.2, 0.25) is 5.91 Å². The Labute approximate surface area is 230 Å². The van der Waals surface area contributed by atoms with E-state index in [2.05, 4.69) is 41.2 Å². The number of carbonyl (C=O) groups is 2. The fourth-order valence-electron chi connectivity index (χ4n) is 4.36. The van der Waals surface area contributed by atoms with Crippen LogP contribution < -0.4 is 4.74 Å². The van der Waals surface area contributed by atoms with E-state index in [9.17, 15) is 9.59 Å². The maximum Gasteiger partial charge on any atom is 0.254 e. The van der Waals surface area contributed by atoms with Crippen LogP contribution in [0.15, 0.2) is 64.5 Å². The van der Waals surface area contributed by atoms with Crippen LogP contribution in [0.1, 0.15) is 47.1 Å². The number of fused-ring (bicyclic) bond motifs is 1. The van der Waals surface area contributed by atoms with E-state index in [1.165, 1.54) is 4.88 Å². The number of hydrogen-bond donors (Lipinski definition) is 0. The molecule has 1 aromatic heterocycles. The van der Waals surface area contributed by atoms with Crippen LogP contribution in [0.2, 0.25) is 5.02 Å². The monoisotopic (exact) mass is 588 g/mol. The third-order valence-electron chi connectivity index (χ3n) is 6.55. The number of nitrogens with zero attached hydrogens (tertiary/aromatic N) is 2. The summed E-state index contributed by atoms with van der Waals surface area (Å²) in [5, 5.41) is 2.72. The lowest BCUT2D eigenvalue weighted by atomic mass is 10.00. The molecule has 190 valence electrons. The molecule has 0 radical (unpaired) electrons. The number of hydrogen-bond acceptors (Lipinski definition) is 4. The number of amides is 2. The van der Waals surface area contributed by atoms with Crippen LogP contribution in [0, 0.1) is 5.92 Å². The highest BCUT2D eigenvalue weighted by Gasteiger charge is 2.34. The Morgan fingerprint density at radius 3 is 2.72 bits per heavy atom. The van der Waals surface area contributed by atoms with E-state index in [1.54, 1.807) is 40.5 Å². The van der Waals surface area contributed by atoms with Gasteiger partial charge in [0.1, 0.15) is 18.9 Å². The van der Waals surface area contributed by atoms with E-state index in [0.29, 0.717) is 36.0 Å². The van der Waals surface area contributed by atoms with Gasteiger partial charge in [-0.05, 0) is 71.8 Å². The molecule has 2 atom stereocenters. The molecule has 0 fully saturated rings. The van der Waals surface area contributed by atoms with Crippen molar-refractivity contribution in [3.05, 3.63) is 85.5 Å². The predicted octanol–water partition coefficient (Wildman–Crippen LogP) is 6.86. The van der Waals surface area contributed by atoms with Crippen molar-refractivity contribution >= 4 is 50.7 Å². The van der Waals surface area contributed by atoms with E-state index in [1.807, 2.05) is 29.2 Å². The lowest BCUT2D eigenvalue weighted by Gasteiger charge is -2.37. The third-order valence-corrected chi connectivity index (χ3v) is 8.29. The molecule has 0 N–H and O–H groups in total. The van der Waals surface area contributed by atoms with Gasteiger partial charge in [-0.15, -0.1) is 11.3 Å². The third kappa shape index (κ3) is 6.50. The second kappa shape index (κ2) is 12.3. The van der Waals surface area contributed by atoms with Crippen molar-refractivity contribution in [2.45, 2.75) is 32.7 Å². The largest absolute Gasteiger partial charge is 0.491 e. The second-order valence-electron chi connectivity index (χ2n) is 9.13. The Bertz CT molecular complexity index is 1200. The quantitative estimate of drug-likeness (QED) is 0.274. The molecule has 0 spiro atoms. The lowest BCUT2D eigenvalue weighted by Crippen LogP contribution is -2.48. The molecule has 1 aliphatic rings. The number of ether oxygens (including phenoxy) is 1. The van der Waals surface area contributed by atoms with E-state index in [4.69, 9.17) is 16.3 Å². The molecule has 0 saturated carbocycles. The molecule has 0 bridgehead atoms. The average molecular weight is 590 g/mol. The van der Waals surface area contributed by atoms with Crippen molar-refractivity contribution in [3.63, 3.8) is 0 Å². The molecule has 2 aromatic carbocycles. The van der Waals surface area contributed by atoms with Gasteiger partial charge in [0.15, 0.2) is 0 Å². The summed E-state index contributed by atoms with van der Waals surface area (Å²) in [5.41, 5.74) is 1.70. The zero-order valence-corrected chi connectivity index (χ0v) is 23.6. The molecule has 1 aliphatic heterocycles. The van der Waals surface area contributed by atoms with Crippen LogP contribution in [0.5, 0.6) is 5.75 Å². The molecular weight excluding hydrogens is 560 g/mol. The molecule has 2 heterocycles. The average Bonchev–Trinajstić information content (AvgIpc) is 3.36. The van der Waals surface area contributed by atoms with Crippen molar-refractivity contribution in [1.29, 1.82) is 0 Å². The maximum atomic E-state index is 13.7. The van der Waals surface area contributed by atoms with Gasteiger partial charge in [-0.1, -0.05) is 53.9 Å². The summed E-state index contributed by atoms with van der Waals surface area (Å²) in [7, 11) is 0. The number of carbonyl (C=O) groups excluding carboxylic acids is 2. The molecule has 5 nitrogen and oxygen atoms in total. The smallest absolute Gasteiger partial charge is 0.254 e. The van der Waals surface area contributed by atoms with Crippen molar-refractivity contribution < 1.29 is 14.3 Å². The fourth-order valence-corrected chi connectivity index (χ4v) is 5.82. The summed E-state index contributed by atoms with van der Waals surface area (Å²) in [6.45, 7) is 5.70. The zero-order valence-electron chi connectivity index (χ0n) is 20.5. The first-order chi connectivity index (χ1) is 17.4. The first-order valence-corrected chi connectivity index (χ1v) is 14.2. The van der Waals surface area contributed by atoms with Crippen molar-refractivity contribution in [2.75, 3.05) is 26.2 Å². The van der Waals surface area contributed by atoms with Crippen LogP contribution in [0.25, 0.3) is 0 Å². The molecule has 2 amide bonds. The van der Waals surface area contributed by atoms with E-state index in [0.717, 1.165) is 22.9 Å². The minimum absolute atomic E-state index is 0.0343. The Balaban J connectivity index is 1.54. The Morgan fingerprint density at radius 2 is 2.00 bits per heavy atom. The fraction of sp³-hybridized carbons (Fsp3) is 0.357. The van der Waals surface area contributed by atoms with E-state index >= 15 is 0 Å². The summed E-state index contributed by atoms with van der Waals surface area (Å²) >= 11 is 11.2. The van der Waals surface area contributed by atoms with E-state index in [-0.39, 0.29) is 30.3 Å². The van der Waals surface area contributed by atoms with Gasteiger partial charge in [-0.2, -0.15) is 0 Å². The maximum absolute atomic E-state index is 13.7. The Morgan fingerprint density at radius 1 is 1.22 bits per heavy atom. The van der Waals surface area contributed by atoms with Gasteiger partial charge >= 0.3 is 0 Å². The Kier molecular flexibility index (Phi) is 9.09. The minimum Gasteiger partial charge on any atom is -0.491 e. The van der Waals surface area contributed by atoms with Crippen LogP contribution >= 0.6 is 38.9 Å².